The summed E-state index contributed by atoms with van der Waals surface area (Å²) in [5.74, 6) is 0.801. The fraction of sp³-hybridized carbons (Fsp3) is 0.367. The van der Waals surface area contributed by atoms with Gasteiger partial charge in [0.15, 0.2) is 5.75 Å². The number of nitrogens with zero attached hydrogens (tertiary/aromatic N) is 1. The molecule has 0 saturated heterocycles. The van der Waals surface area contributed by atoms with Crippen LogP contribution in [0.4, 0.5) is 0 Å². The molecule has 3 aromatic carbocycles. The number of aliphatic hydroxyl groups is 1. The van der Waals surface area contributed by atoms with E-state index in [1.165, 1.54) is 0 Å². The van der Waals surface area contributed by atoms with Crippen LogP contribution in [0, 0.1) is 12.8 Å². The van der Waals surface area contributed by atoms with Crippen molar-refractivity contribution in [2.24, 2.45) is 5.92 Å². The number of aryl methyl sites for hydroxylation is 1. The number of aliphatic hydroxyl groups excluding tert-OH is 1. The van der Waals surface area contributed by atoms with E-state index in [0.29, 0.717) is 57.6 Å². The van der Waals surface area contributed by atoms with Gasteiger partial charge in [0.05, 0.1) is 20.1 Å². The average Bonchev–Trinajstić information content (AvgIpc) is 3.74. The third-order valence-electron chi connectivity index (χ3n) is 6.62. The Labute approximate surface area is 249 Å². The molecular weight excluding hydrogens is 580 g/mol. The summed E-state index contributed by atoms with van der Waals surface area (Å²) < 4.78 is 11.5. The molecule has 0 spiro atoms. The minimum absolute atomic E-state index is 0.0218. The molecule has 1 amide bonds. The van der Waals surface area contributed by atoms with Crippen LogP contribution in [0.1, 0.15) is 36.0 Å². The molecular formula is C30H31Cl4NO4. The van der Waals surface area contributed by atoms with Crippen molar-refractivity contribution in [1.29, 1.82) is 0 Å². The third-order valence-corrected chi connectivity index (χ3v) is 8.04. The van der Waals surface area contributed by atoms with Crippen LogP contribution in [0.5, 0.6) is 11.5 Å². The van der Waals surface area contributed by atoms with Crippen molar-refractivity contribution in [3.05, 3.63) is 91.4 Å². The van der Waals surface area contributed by atoms with E-state index in [-0.39, 0.29) is 31.1 Å². The molecule has 0 radical (unpaired) electrons. The van der Waals surface area contributed by atoms with Gasteiger partial charge < -0.3 is 19.5 Å². The third kappa shape index (κ3) is 8.18. The molecule has 1 atom stereocenters. The zero-order valence-electron chi connectivity index (χ0n) is 21.6. The maximum absolute atomic E-state index is 13.6. The van der Waals surface area contributed by atoms with E-state index in [0.717, 1.165) is 29.5 Å². The van der Waals surface area contributed by atoms with Gasteiger partial charge in [-0.2, -0.15) is 0 Å². The van der Waals surface area contributed by atoms with Gasteiger partial charge in [-0.1, -0.05) is 70.7 Å². The van der Waals surface area contributed by atoms with E-state index >= 15 is 0 Å². The van der Waals surface area contributed by atoms with Gasteiger partial charge in [-0.15, -0.1) is 0 Å². The Bertz CT molecular complexity index is 1260. The van der Waals surface area contributed by atoms with Gasteiger partial charge in [0.25, 0.3) is 0 Å². The van der Waals surface area contributed by atoms with Crippen molar-refractivity contribution in [3.8, 4) is 11.5 Å². The monoisotopic (exact) mass is 609 g/mol. The number of ether oxygens (including phenoxy) is 2. The molecule has 1 N–H and O–H groups in total. The minimum atomic E-state index is -0.349. The maximum atomic E-state index is 13.6. The lowest BCUT2D eigenvalue weighted by Crippen LogP contribution is -2.38. The molecule has 1 aliphatic rings. The van der Waals surface area contributed by atoms with Gasteiger partial charge in [0.1, 0.15) is 19.0 Å². The van der Waals surface area contributed by atoms with Crippen molar-refractivity contribution in [2.45, 2.75) is 45.2 Å². The molecule has 0 aromatic heterocycles. The van der Waals surface area contributed by atoms with Crippen LogP contribution in [-0.2, 0) is 17.8 Å². The van der Waals surface area contributed by atoms with E-state index in [9.17, 15) is 9.90 Å². The predicted molar refractivity (Wildman–Crippen MR) is 158 cm³/mol. The first kappa shape index (κ1) is 29.8. The van der Waals surface area contributed by atoms with Crippen LogP contribution < -0.4 is 9.47 Å². The van der Waals surface area contributed by atoms with E-state index in [4.69, 9.17) is 55.9 Å². The highest BCUT2D eigenvalue weighted by Crippen LogP contribution is 2.35. The van der Waals surface area contributed by atoms with Crippen LogP contribution >= 0.6 is 46.4 Å². The Balaban J connectivity index is 1.34. The predicted octanol–water partition coefficient (Wildman–Crippen LogP) is 7.80. The van der Waals surface area contributed by atoms with Crippen molar-refractivity contribution < 1.29 is 19.4 Å². The average molecular weight is 611 g/mol. The van der Waals surface area contributed by atoms with Crippen molar-refractivity contribution in [2.75, 3.05) is 19.8 Å². The highest BCUT2D eigenvalue weighted by Gasteiger charge is 2.36. The van der Waals surface area contributed by atoms with E-state index < -0.39 is 0 Å². The van der Waals surface area contributed by atoms with Crippen LogP contribution in [0.2, 0.25) is 20.1 Å². The Morgan fingerprint density at radius 1 is 0.974 bits per heavy atom. The summed E-state index contributed by atoms with van der Waals surface area (Å²) in [7, 11) is 0. The van der Waals surface area contributed by atoms with E-state index in [1.807, 2.05) is 48.2 Å². The maximum Gasteiger partial charge on any atom is 0.226 e. The molecule has 4 rings (SSSR count). The van der Waals surface area contributed by atoms with Crippen molar-refractivity contribution >= 4 is 52.3 Å². The standard InChI is InChI=1S/C30H31Cl4NO4/c1-19-15-26(32)29(27(33)16-19)39-14-13-38-24-9-5-20(6-10-24)17-21(11-12-36)30(37)35(23-7-8-23)18-22-3-2-4-25(31)28(22)34/h2-6,9-10,15-16,21,23,36H,7-8,11-14,17-18H2,1H3. The molecule has 1 aliphatic carbocycles. The van der Waals surface area contributed by atoms with Crippen LogP contribution in [-0.4, -0.2) is 41.8 Å². The number of halogens is 4. The normalized spacial score (nSPS) is 13.7. The molecule has 3 aromatic rings. The van der Waals surface area contributed by atoms with Crippen LogP contribution in [0.25, 0.3) is 0 Å². The summed E-state index contributed by atoms with van der Waals surface area (Å²) in [6.07, 6.45) is 2.83. The summed E-state index contributed by atoms with van der Waals surface area (Å²) in [6.45, 7) is 2.84. The lowest BCUT2D eigenvalue weighted by Gasteiger charge is -2.28. The summed E-state index contributed by atoms with van der Waals surface area (Å²) >= 11 is 25.0. The van der Waals surface area contributed by atoms with Crippen molar-refractivity contribution in [1.82, 2.24) is 4.90 Å². The highest BCUT2D eigenvalue weighted by molar-refractivity contribution is 6.42. The first-order valence-electron chi connectivity index (χ1n) is 12.9. The second-order valence-corrected chi connectivity index (χ2v) is 11.3. The molecule has 39 heavy (non-hydrogen) atoms. The molecule has 1 unspecified atom stereocenters. The molecule has 0 heterocycles. The Morgan fingerprint density at radius 3 is 2.28 bits per heavy atom. The number of hydrogen-bond acceptors (Lipinski definition) is 4. The number of carbonyl (C=O) groups excluding carboxylic acids is 1. The van der Waals surface area contributed by atoms with Gasteiger partial charge in [0.2, 0.25) is 5.91 Å². The Hall–Kier alpha value is -2.15. The minimum Gasteiger partial charge on any atom is -0.490 e. The molecule has 208 valence electrons. The topological polar surface area (TPSA) is 59.0 Å². The lowest BCUT2D eigenvalue weighted by atomic mass is 9.94. The summed E-state index contributed by atoms with van der Waals surface area (Å²) in [5.41, 5.74) is 2.77. The summed E-state index contributed by atoms with van der Waals surface area (Å²) in [5, 5.41) is 11.6. The molecule has 9 heteroatoms. The lowest BCUT2D eigenvalue weighted by molar-refractivity contribution is -0.137. The quantitative estimate of drug-likeness (QED) is 0.201. The van der Waals surface area contributed by atoms with Crippen LogP contribution in [0.15, 0.2) is 54.6 Å². The number of rotatable bonds is 13. The number of carbonyl (C=O) groups is 1. The van der Waals surface area contributed by atoms with Gasteiger partial charge in [-0.25, -0.2) is 0 Å². The highest BCUT2D eigenvalue weighted by atomic mass is 35.5. The zero-order chi connectivity index (χ0) is 27.9. The fourth-order valence-corrected chi connectivity index (χ4v) is 5.55. The Kier molecular flexibility index (Phi) is 10.7. The molecule has 5 nitrogen and oxygen atoms in total. The molecule has 0 aliphatic heterocycles. The molecule has 1 fully saturated rings. The molecule has 1 saturated carbocycles. The van der Waals surface area contributed by atoms with Crippen LogP contribution in [0.3, 0.4) is 0 Å². The number of hydrogen-bond donors (Lipinski definition) is 1. The second-order valence-electron chi connectivity index (χ2n) is 9.72. The zero-order valence-corrected chi connectivity index (χ0v) is 24.7. The van der Waals surface area contributed by atoms with E-state index in [2.05, 4.69) is 0 Å². The fourth-order valence-electron chi connectivity index (χ4n) is 4.46. The number of amides is 1. The smallest absolute Gasteiger partial charge is 0.226 e. The SMILES string of the molecule is Cc1cc(Cl)c(OCCOc2ccc(CC(CCO)C(=O)N(Cc3cccc(Cl)c3Cl)C3CC3)cc2)c(Cl)c1. The first-order chi connectivity index (χ1) is 18.8. The van der Waals surface area contributed by atoms with Gasteiger partial charge >= 0.3 is 0 Å². The van der Waals surface area contributed by atoms with Crippen molar-refractivity contribution in [3.63, 3.8) is 0 Å². The van der Waals surface area contributed by atoms with Gasteiger partial charge in [-0.3, -0.25) is 4.79 Å². The van der Waals surface area contributed by atoms with Gasteiger partial charge in [0, 0.05) is 25.1 Å². The summed E-state index contributed by atoms with van der Waals surface area (Å²) in [6, 6.07) is 16.9. The van der Waals surface area contributed by atoms with Gasteiger partial charge in [-0.05, 0) is 79.6 Å². The largest absolute Gasteiger partial charge is 0.490 e. The Morgan fingerprint density at radius 2 is 1.64 bits per heavy atom. The summed E-state index contributed by atoms with van der Waals surface area (Å²) in [4.78, 5) is 15.5. The second kappa shape index (κ2) is 14.0. The van der Waals surface area contributed by atoms with E-state index in [1.54, 1.807) is 18.2 Å². The number of benzene rings is 3. The first-order valence-corrected chi connectivity index (χ1v) is 14.4. The molecule has 0 bridgehead atoms.